The van der Waals surface area contributed by atoms with Crippen LogP contribution in [0.4, 0.5) is 11.4 Å². The third kappa shape index (κ3) is 9.76. The molecule has 39 heavy (non-hydrogen) atoms. The molecule has 0 bridgehead atoms. The third-order valence-electron chi connectivity index (χ3n) is 6.92. The highest BCUT2D eigenvalue weighted by Crippen LogP contribution is 2.26. The summed E-state index contributed by atoms with van der Waals surface area (Å²) in [6.07, 6.45) is 3.81. The number of benzene rings is 2. The Bertz CT molecular complexity index is 1060. The van der Waals surface area contributed by atoms with Gasteiger partial charge in [-0.25, -0.2) is 0 Å². The van der Waals surface area contributed by atoms with Gasteiger partial charge in [-0.3, -0.25) is 19.3 Å². The van der Waals surface area contributed by atoms with Crippen molar-refractivity contribution in [1.29, 1.82) is 0 Å². The van der Waals surface area contributed by atoms with Gasteiger partial charge in [0.05, 0.1) is 18.7 Å². The van der Waals surface area contributed by atoms with E-state index in [1.807, 2.05) is 80.3 Å². The lowest BCUT2D eigenvalue weighted by Gasteiger charge is -2.40. The highest BCUT2D eigenvalue weighted by atomic mass is 16.5. The van der Waals surface area contributed by atoms with E-state index in [-0.39, 0.29) is 23.5 Å². The molecule has 212 valence electrons. The Balaban J connectivity index is 0.000000532. The maximum absolute atomic E-state index is 12.8. The zero-order valence-electron chi connectivity index (χ0n) is 23.2. The number of nitrogens with one attached hydrogen (secondary N) is 1. The molecule has 2 aliphatic rings. The summed E-state index contributed by atoms with van der Waals surface area (Å²) in [5.41, 5.74) is 8.34. The van der Waals surface area contributed by atoms with Crippen LogP contribution in [0.5, 0.6) is 0 Å². The molecule has 0 spiro atoms. The number of hydrogen-bond acceptors (Lipinski definition) is 7. The van der Waals surface area contributed by atoms with Crippen LogP contribution >= 0.6 is 0 Å². The number of carbonyl (C=O) groups excluding carboxylic acids is 3. The van der Waals surface area contributed by atoms with E-state index in [0.29, 0.717) is 32.0 Å². The van der Waals surface area contributed by atoms with Crippen LogP contribution < -0.4 is 16.0 Å². The molecule has 4 N–H and O–H groups in total. The molecule has 2 fully saturated rings. The zero-order chi connectivity index (χ0) is 28.4. The Morgan fingerprint density at radius 3 is 2.26 bits per heavy atom. The molecule has 1 heterocycles. The predicted octanol–water partition coefficient (Wildman–Crippen LogP) is 3.11. The van der Waals surface area contributed by atoms with Crippen LogP contribution in [0.3, 0.4) is 0 Å². The van der Waals surface area contributed by atoms with E-state index in [4.69, 9.17) is 5.73 Å². The van der Waals surface area contributed by atoms with Gasteiger partial charge >= 0.3 is 0 Å². The first-order valence-electron chi connectivity index (χ1n) is 13.6. The molecule has 9 nitrogen and oxygen atoms in total. The monoisotopic (exact) mass is 538 g/mol. The van der Waals surface area contributed by atoms with Crippen molar-refractivity contribution in [2.24, 2.45) is 5.73 Å². The Hall–Kier alpha value is -3.27. The van der Waals surface area contributed by atoms with E-state index in [9.17, 15) is 19.5 Å². The van der Waals surface area contributed by atoms with Crippen molar-refractivity contribution >= 4 is 29.7 Å². The summed E-state index contributed by atoms with van der Waals surface area (Å²) in [6, 6.07) is 16.8. The van der Waals surface area contributed by atoms with Gasteiger partial charge < -0.3 is 25.8 Å². The van der Waals surface area contributed by atoms with Crippen molar-refractivity contribution in [2.45, 2.75) is 76.7 Å². The lowest BCUT2D eigenvalue weighted by molar-refractivity contribution is -0.138. The third-order valence-corrected chi connectivity index (χ3v) is 6.92. The Labute approximate surface area is 231 Å². The van der Waals surface area contributed by atoms with Crippen LogP contribution in [0.25, 0.3) is 0 Å². The van der Waals surface area contributed by atoms with Crippen molar-refractivity contribution in [3.63, 3.8) is 0 Å². The Morgan fingerprint density at radius 2 is 1.72 bits per heavy atom. The van der Waals surface area contributed by atoms with Gasteiger partial charge in [-0.1, -0.05) is 30.3 Å². The van der Waals surface area contributed by atoms with Crippen LogP contribution in [0.1, 0.15) is 52.0 Å². The van der Waals surface area contributed by atoms with Gasteiger partial charge in [0.15, 0.2) is 0 Å². The molecular formula is C30H42N4O5. The number of nitrogens with zero attached hydrogens (tertiary/aromatic N) is 2. The van der Waals surface area contributed by atoms with Gasteiger partial charge in [0.25, 0.3) is 6.47 Å². The second kappa shape index (κ2) is 14.2. The van der Waals surface area contributed by atoms with Crippen LogP contribution in [0, 0.1) is 0 Å². The normalized spacial score (nSPS) is 20.8. The molecule has 1 aliphatic carbocycles. The topological polar surface area (TPSA) is 125 Å². The fourth-order valence-electron chi connectivity index (χ4n) is 4.76. The number of hydrogen-bond donors (Lipinski definition) is 3. The highest BCUT2D eigenvalue weighted by molar-refractivity contribution is 5.96. The highest BCUT2D eigenvalue weighted by Gasteiger charge is 2.31. The number of ether oxygens (including phenoxy) is 1. The number of rotatable bonds is 7. The minimum Gasteiger partial charge on any atom is -0.462 e. The summed E-state index contributed by atoms with van der Waals surface area (Å²) in [6.45, 7) is 7.85. The lowest BCUT2D eigenvalue weighted by atomic mass is 9.91. The molecule has 2 aromatic rings. The minimum atomic E-state index is -0.653. The predicted molar refractivity (Wildman–Crippen MR) is 152 cm³/mol. The van der Waals surface area contributed by atoms with Crippen LogP contribution in [-0.4, -0.2) is 71.7 Å². The zero-order valence-corrected chi connectivity index (χ0v) is 23.2. The number of aliphatic hydroxyl groups is 1. The first kappa shape index (κ1) is 30.3. The molecule has 0 aromatic heterocycles. The number of amides is 2. The number of carbonyl (C=O) groups is 3. The molecule has 1 unspecified atom stereocenters. The minimum absolute atomic E-state index is 0.106. The van der Waals surface area contributed by atoms with Crippen molar-refractivity contribution in [2.75, 3.05) is 29.9 Å². The van der Waals surface area contributed by atoms with Gasteiger partial charge in [0.1, 0.15) is 5.60 Å². The SMILES string of the molecule is CC(C)(C)OC=O.NC(Cc1ccc(N2CCN(C3CCC(O)CC3)CC2=O)cc1)C(=O)Nc1ccccc1. The lowest BCUT2D eigenvalue weighted by Crippen LogP contribution is -2.54. The van der Waals surface area contributed by atoms with Gasteiger partial charge in [-0.15, -0.1) is 0 Å². The largest absolute Gasteiger partial charge is 0.462 e. The summed E-state index contributed by atoms with van der Waals surface area (Å²) in [5, 5.41) is 12.5. The van der Waals surface area contributed by atoms with E-state index < -0.39 is 6.04 Å². The molecule has 9 heteroatoms. The van der Waals surface area contributed by atoms with Crippen LogP contribution in [-0.2, 0) is 25.5 Å². The van der Waals surface area contributed by atoms with E-state index >= 15 is 0 Å². The second-order valence-electron chi connectivity index (χ2n) is 11.1. The summed E-state index contributed by atoms with van der Waals surface area (Å²) >= 11 is 0. The van der Waals surface area contributed by atoms with E-state index in [2.05, 4.69) is 15.0 Å². The Morgan fingerprint density at radius 1 is 1.08 bits per heavy atom. The molecule has 4 rings (SSSR count). The maximum Gasteiger partial charge on any atom is 0.293 e. The average molecular weight is 539 g/mol. The van der Waals surface area contributed by atoms with Crippen molar-refractivity contribution < 1.29 is 24.2 Å². The molecule has 0 radical (unpaired) electrons. The number of aliphatic hydroxyl groups excluding tert-OH is 1. The van der Waals surface area contributed by atoms with Crippen molar-refractivity contribution in [1.82, 2.24) is 4.90 Å². The first-order valence-corrected chi connectivity index (χ1v) is 13.6. The van der Waals surface area contributed by atoms with Gasteiger partial charge in [-0.05, 0) is 82.7 Å². The Kier molecular flexibility index (Phi) is 11.0. The van der Waals surface area contributed by atoms with Gasteiger partial charge in [0, 0.05) is 30.5 Å². The van der Waals surface area contributed by atoms with Gasteiger partial charge in [0.2, 0.25) is 11.8 Å². The molecule has 1 atom stereocenters. The smallest absolute Gasteiger partial charge is 0.293 e. The molecule has 2 amide bonds. The van der Waals surface area contributed by atoms with Crippen molar-refractivity contribution in [3.8, 4) is 0 Å². The van der Waals surface area contributed by atoms with E-state index in [0.717, 1.165) is 49.2 Å². The quantitative estimate of drug-likeness (QED) is 0.463. The van der Waals surface area contributed by atoms with Crippen LogP contribution in [0.2, 0.25) is 0 Å². The van der Waals surface area contributed by atoms with Gasteiger partial charge in [-0.2, -0.15) is 0 Å². The fourth-order valence-corrected chi connectivity index (χ4v) is 4.76. The molecule has 1 saturated heterocycles. The summed E-state index contributed by atoms with van der Waals surface area (Å²) in [4.78, 5) is 38.8. The second-order valence-corrected chi connectivity index (χ2v) is 11.1. The number of nitrogens with two attached hydrogens (primary N) is 1. The number of para-hydroxylation sites is 1. The maximum atomic E-state index is 12.8. The van der Waals surface area contributed by atoms with E-state index in [1.54, 1.807) is 0 Å². The average Bonchev–Trinajstić information content (AvgIpc) is 2.90. The summed E-state index contributed by atoms with van der Waals surface area (Å²) in [5.74, 6) is -0.115. The van der Waals surface area contributed by atoms with Crippen LogP contribution in [0.15, 0.2) is 54.6 Å². The molecule has 2 aromatic carbocycles. The molecular weight excluding hydrogens is 496 g/mol. The standard InChI is InChI=1S/C25H32N4O3.C5H10O2/c26-23(25(32)27-19-4-2-1-3-5-19)16-18-6-8-21(9-7-18)29-15-14-28(17-24(29)31)20-10-12-22(30)13-11-20;1-5(2,3)7-4-6/h1-9,20,22-23,30H,10-17,26H2,(H,27,32);4H,1-3H3. The number of anilines is 2. The molecule has 1 aliphatic heterocycles. The number of piperazine rings is 1. The summed E-state index contributed by atoms with van der Waals surface area (Å²) < 4.78 is 4.55. The van der Waals surface area contributed by atoms with Crippen molar-refractivity contribution in [3.05, 3.63) is 60.2 Å². The van der Waals surface area contributed by atoms with E-state index in [1.165, 1.54) is 0 Å². The molecule has 1 saturated carbocycles. The first-order chi connectivity index (χ1) is 18.6. The fraction of sp³-hybridized carbons (Fsp3) is 0.500. The summed E-state index contributed by atoms with van der Waals surface area (Å²) in [7, 11) is 0.